The standard InChI is InChI=1S/C15H16N6O/c1-11-13(7-16-19-11)8-20(2)15(22)12-4-3-5-14(6-12)21-9-17-18-10-21/h3-7,9-10H,8H2,1-2H3,(H,16,19). The Labute approximate surface area is 127 Å². The van der Waals surface area contributed by atoms with Gasteiger partial charge in [0.2, 0.25) is 0 Å². The summed E-state index contributed by atoms with van der Waals surface area (Å²) < 4.78 is 1.76. The van der Waals surface area contributed by atoms with Crippen molar-refractivity contribution in [2.24, 2.45) is 0 Å². The zero-order chi connectivity index (χ0) is 15.5. The molecule has 0 radical (unpaired) electrons. The number of aromatic nitrogens is 5. The van der Waals surface area contributed by atoms with Gasteiger partial charge in [-0.3, -0.25) is 14.5 Å². The Morgan fingerprint density at radius 3 is 2.77 bits per heavy atom. The van der Waals surface area contributed by atoms with E-state index in [9.17, 15) is 4.79 Å². The van der Waals surface area contributed by atoms with Crippen molar-refractivity contribution in [3.63, 3.8) is 0 Å². The van der Waals surface area contributed by atoms with E-state index in [2.05, 4.69) is 20.4 Å². The fourth-order valence-corrected chi connectivity index (χ4v) is 2.22. The number of rotatable bonds is 4. The quantitative estimate of drug-likeness (QED) is 0.792. The SMILES string of the molecule is Cc1[nH]ncc1CN(C)C(=O)c1cccc(-n2cnnc2)c1. The zero-order valence-electron chi connectivity index (χ0n) is 12.4. The lowest BCUT2D eigenvalue weighted by Crippen LogP contribution is -2.26. The molecule has 1 amide bonds. The summed E-state index contributed by atoms with van der Waals surface area (Å²) in [5, 5.41) is 14.4. The van der Waals surface area contributed by atoms with E-state index in [1.165, 1.54) is 0 Å². The molecule has 0 aliphatic heterocycles. The topological polar surface area (TPSA) is 79.7 Å². The molecule has 0 spiro atoms. The highest BCUT2D eigenvalue weighted by Crippen LogP contribution is 2.13. The Bertz CT molecular complexity index is 777. The lowest BCUT2D eigenvalue weighted by atomic mass is 10.1. The maximum atomic E-state index is 12.6. The molecule has 0 bridgehead atoms. The first-order chi connectivity index (χ1) is 10.6. The van der Waals surface area contributed by atoms with Gasteiger partial charge in [-0.05, 0) is 25.1 Å². The molecule has 7 heteroatoms. The fourth-order valence-electron chi connectivity index (χ4n) is 2.22. The van der Waals surface area contributed by atoms with Gasteiger partial charge in [0.15, 0.2) is 0 Å². The highest BCUT2D eigenvalue weighted by Gasteiger charge is 2.14. The van der Waals surface area contributed by atoms with Crippen LogP contribution in [0.1, 0.15) is 21.6 Å². The second-order valence-electron chi connectivity index (χ2n) is 5.10. The monoisotopic (exact) mass is 296 g/mol. The van der Waals surface area contributed by atoms with E-state index < -0.39 is 0 Å². The van der Waals surface area contributed by atoms with Crippen LogP contribution in [0.4, 0.5) is 0 Å². The van der Waals surface area contributed by atoms with Crippen LogP contribution in [0.3, 0.4) is 0 Å². The van der Waals surface area contributed by atoms with E-state index in [0.29, 0.717) is 12.1 Å². The van der Waals surface area contributed by atoms with E-state index in [-0.39, 0.29) is 5.91 Å². The van der Waals surface area contributed by atoms with Gasteiger partial charge in [0.05, 0.1) is 6.20 Å². The van der Waals surface area contributed by atoms with Crippen LogP contribution in [0.5, 0.6) is 0 Å². The van der Waals surface area contributed by atoms with E-state index in [1.807, 2.05) is 25.1 Å². The first-order valence-electron chi connectivity index (χ1n) is 6.84. The average Bonchev–Trinajstić information content (AvgIpc) is 3.19. The molecule has 22 heavy (non-hydrogen) atoms. The summed E-state index contributed by atoms with van der Waals surface area (Å²) in [6.07, 6.45) is 4.94. The van der Waals surface area contributed by atoms with E-state index in [4.69, 9.17) is 0 Å². The molecule has 0 fully saturated rings. The van der Waals surface area contributed by atoms with Crippen molar-refractivity contribution in [1.29, 1.82) is 0 Å². The molecule has 0 aliphatic carbocycles. The summed E-state index contributed by atoms with van der Waals surface area (Å²) in [7, 11) is 1.78. The van der Waals surface area contributed by atoms with Crippen molar-refractivity contribution in [1.82, 2.24) is 29.9 Å². The molecular formula is C15H16N6O. The van der Waals surface area contributed by atoms with Crippen LogP contribution >= 0.6 is 0 Å². The summed E-state index contributed by atoms with van der Waals surface area (Å²) in [6, 6.07) is 7.37. The largest absolute Gasteiger partial charge is 0.337 e. The van der Waals surface area contributed by atoms with Gasteiger partial charge < -0.3 is 4.90 Å². The third-order valence-electron chi connectivity index (χ3n) is 3.50. The molecular weight excluding hydrogens is 280 g/mol. The molecule has 0 unspecified atom stereocenters. The third-order valence-corrected chi connectivity index (χ3v) is 3.50. The normalized spacial score (nSPS) is 10.6. The molecule has 3 aromatic rings. The lowest BCUT2D eigenvalue weighted by molar-refractivity contribution is 0.0785. The number of benzene rings is 1. The second-order valence-corrected chi connectivity index (χ2v) is 5.10. The van der Waals surface area contributed by atoms with Crippen LogP contribution < -0.4 is 0 Å². The van der Waals surface area contributed by atoms with Crippen LogP contribution in [0, 0.1) is 6.92 Å². The highest BCUT2D eigenvalue weighted by molar-refractivity contribution is 5.94. The molecule has 2 heterocycles. The summed E-state index contributed by atoms with van der Waals surface area (Å²) in [4.78, 5) is 14.2. The van der Waals surface area contributed by atoms with Gasteiger partial charge in [0.25, 0.3) is 5.91 Å². The minimum Gasteiger partial charge on any atom is -0.337 e. The Morgan fingerprint density at radius 1 is 1.32 bits per heavy atom. The average molecular weight is 296 g/mol. The minimum atomic E-state index is -0.0458. The van der Waals surface area contributed by atoms with E-state index in [1.54, 1.807) is 41.4 Å². The Morgan fingerprint density at radius 2 is 2.09 bits per heavy atom. The Kier molecular flexibility index (Phi) is 3.69. The smallest absolute Gasteiger partial charge is 0.253 e. The number of hydrogen-bond acceptors (Lipinski definition) is 4. The predicted molar refractivity (Wildman–Crippen MR) is 80.5 cm³/mol. The molecule has 0 aliphatic rings. The maximum absolute atomic E-state index is 12.6. The van der Waals surface area contributed by atoms with Crippen molar-refractivity contribution in [2.45, 2.75) is 13.5 Å². The summed E-state index contributed by atoms with van der Waals surface area (Å²) in [5.41, 5.74) is 3.45. The minimum absolute atomic E-state index is 0.0458. The molecule has 7 nitrogen and oxygen atoms in total. The molecule has 1 aromatic carbocycles. The number of nitrogens with zero attached hydrogens (tertiary/aromatic N) is 5. The summed E-state index contributed by atoms with van der Waals surface area (Å²) in [5.74, 6) is -0.0458. The van der Waals surface area contributed by atoms with Gasteiger partial charge in [-0.1, -0.05) is 6.07 Å². The molecule has 0 saturated carbocycles. The third kappa shape index (κ3) is 2.73. The van der Waals surface area contributed by atoms with Crippen molar-refractivity contribution in [2.75, 3.05) is 7.05 Å². The first-order valence-corrected chi connectivity index (χ1v) is 6.84. The highest BCUT2D eigenvalue weighted by atomic mass is 16.2. The molecule has 3 rings (SSSR count). The van der Waals surface area contributed by atoms with Crippen molar-refractivity contribution < 1.29 is 4.79 Å². The van der Waals surface area contributed by atoms with Crippen LogP contribution in [0.15, 0.2) is 43.1 Å². The van der Waals surface area contributed by atoms with Gasteiger partial charge in [-0.2, -0.15) is 5.10 Å². The fraction of sp³-hybridized carbons (Fsp3) is 0.200. The van der Waals surface area contributed by atoms with Crippen LogP contribution in [-0.2, 0) is 6.54 Å². The van der Waals surface area contributed by atoms with Crippen LogP contribution in [-0.4, -0.2) is 42.8 Å². The van der Waals surface area contributed by atoms with E-state index in [0.717, 1.165) is 16.9 Å². The van der Waals surface area contributed by atoms with Gasteiger partial charge in [0, 0.05) is 36.1 Å². The number of hydrogen-bond donors (Lipinski definition) is 1. The van der Waals surface area contributed by atoms with Gasteiger partial charge in [-0.15, -0.1) is 10.2 Å². The molecule has 112 valence electrons. The number of aromatic amines is 1. The van der Waals surface area contributed by atoms with Crippen LogP contribution in [0.25, 0.3) is 5.69 Å². The van der Waals surface area contributed by atoms with Gasteiger partial charge in [-0.25, -0.2) is 0 Å². The molecule has 2 aromatic heterocycles. The van der Waals surface area contributed by atoms with E-state index >= 15 is 0 Å². The number of nitrogens with one attached hydrogen (secondary N) is 1. The molecule has 1 N–H and O–H groups in total. The summed E-state index contributed by atoms with van der Waals surface area (Å²) >= 11 is 0. The number of aryl methyl sites for hydroxylation is 1. The predicted octanol–water partition coefficient (Wildman–Crippen LogP) is 1.57. The number of H-pyrrole nitrogens is 1. The number of amides is 1. The van der Waals surface area contributed by atoms with Gasteiger partial charge in [0.1, 0.15) is 12.7 Å². The molecule has 0 atom stereocenters. The van der Waals surface area contributed by atoms with Crippen molar-refractivity contribution in [3.05, 3.63) is 59.9 Å². The Balaban J connectivity index is 1.80. The number of carbonyl (C=O) groups is 1. The zero-order valence-corrected chi connectivity index (χ0v) is 12.4. The Hall–Kier alpha value is -2.96. The van der Waals surface area contributed by atoms with Crippen LogP contribution in [0.2, 0.25) is 0 Å². The molecule has 0 saturated heterocycles. The van der Waals surface area contributed by atoms with Gasteiger partial charge >= 0.3 is 0 Å². The van der Waals surface area contributed by atoms with Crippen molar-refractivity contribution >= 4 is 5.91 Å². The summed E-state index contributed by atoms with van der Waals surface area (Å²) in [6.45, 7) is 2.45. The second kappa shape index (κ2) is 5.80. The lowest BCUT2D eigenvalue weighted by Gasteiger charge is -2.17. The first kappa shape index (κ1) is 14.0. The maximum Gasteiger partial charge on any atom is 0.253 e. The number of carbonyl (C=O) groups excluding carboxylic acids is 1. The van der Waals surface area contributed by atoms with Crippen molar-refractivity contribution in [3.8, 4) is 5.69 Å².